The van der Waals surface area contributed by atoms with Gasteiger partial charge in [-0.15, -0.1) is 8.78 Å². The lowest BCUT2D eigenvalue weighted by Gasteiger charge is -2.09. The summed E-state index contributed by atoms with van der Waals surface area (Å²) in [7, 11) is 0. The molecule has 2 aromatic carbocycles. The lowest BCUT2D eigenvalue weighted by atomic mass is 10.0. The molecule has 1 aliphatic rings. The molecule has 3 rings (SSSR count). The van der Waals surface area contributed by atoms with Crippen molar-refractivity contribution in [2.24, 2.45) is 5.10 Å². The number of rotatable bonds is 4. The number of alkyl halides is 2. The first-order valence-corrected chi connectivity index (χ1v) is 7.92. The number of halogens is 3. The highest BCUT2D eigenvalue weighted by Crippen LogP contribution is 2.41. The summed E-state index contributed by atoms with van der Waals surface area (Å²) in [5.41, 5.74) is 3.57. The van der Waals surface area contributed by atoms with Crippen molar-refractivity contribution in [3.63, 3.8) is 0 Å². The Kier molecular flexibility index (Phi) is 4.94. The van der Waals surface area contributed by atoms with Crippen molar-refractivity contribution < 1.29 is 27.8 Å². The van der Waals surface area contributed by atoms with E-state index >= 15 is 0 Å². The van der Waals surface area contributed by atoms with E-state index in [9.17, 15) is 13.6 Å². The Morgan fingerprint density at radius 1 is 1.15 bits per heavy atom. The SMILES string of the molecule is CCOC(=O)N/N=C(\c1ccc(Cl)cc1)c1ccc2c(c1)OC(F)(F)O2. The standard InChI is InChI=1S/C17H13ClF2N2O4/c1-2-24-16(23)22-21-15(10-3-6-12(18)7-4-10)11-5-8-13-14(9-11)26-17(19,20)25-13/h3-9H,2H2,1H3,(H,22,23)/b21-15+. The predicted octanol–water partition coefficient (Wildman–Crippen LogP) is 4.16. The van der Waals surface area contributed by atoms with Gasteiger partial charge in [0.15, 0.2) is 11.5 Å². The summed E-state index contributed by atoms with van der Waals surface area (Å²) in [6.45, 7) is 1.83. The van der Waals surface area contributed by atoms with Crippen LogP contribution in [0.2, 0.25) is 5.02 Å². The monoisotopic (exact) mass is 382 g/mol. The van der Waals surface area contributed by atoms with Crippen molar-refractivity contribution in [1.82, 2.24) is 5.43 Å². The van der Waals surface area contributed by atoms with Crippen LogP contribution in [0.5, 0.6) is 11.5 Å². The maximum Gasteiger partial charge on any atom is 0.586 e. The third-order valence-corrected chi connectivity index (χ3v) is 3.58. The Balaban J connectivity index is 1.97. The molecule has 0 saturated carbocycles. The number of hydrogen-bond acceptors (Lipinski definition) is 5. The topological polar surface area (TPSA) is 69.2 Å². The molecular weight excluding hydrogens is 370 g/mol. The van der Waals surface area contributed by atoms with E-state index in [-0.39, 0.29) is 18.1 Å². The summed E-state index contributed by atoms with van der Waals surface area (Å²) in [4.78, 5) is 11.5. The van der Waals surface area contributed by atoms with Gasteiger partial charge in [-0.05, 0) is 37.3 Å². The number of ether oxygens (including phenoxy) is 3. The first kappa shape index (κ1) is 17.9. The number of amides is 1. The first-order chi connectivity index (χ1) is 12.4. The third kappa shape index (κ3) is 4.02. The second-order valence-corrected chi connectivity index (χ2v) is 5.57. The normalized spacial score (nSPS) is 14.8. The maximum atomic E-state index is 13.2. The molecule has 0 atom stereocenters. The van der Waals surface area contributed by atoms with Gasteiger partial charge in [0, 0.05) is 16.1 Å². The third-order valence-electron chi connectivity index (χ3n) is 3.33. The summed E-state index contributed by atoms with van der Waals surface area (Å²) in [5, 5.41) is 4.55. The number of nitrogens with zero attached hydrogens (tertiary/aromatic N) is 1. The van der Waals surface area contributed by atoms with Gasteiger partial charge in [-0.1, -0.05) is 23.7 Å². The van der Waals surface area contributed by atoms with Crippen molar-refractivity contribution >= 4 is 23.4 Å². The van der Waals surface area contributed by atoms with Gasteiger partial charge >= 0.3 is 12.4 Å². The summed E-state index contributed by atoms with van der Waals surface area (Å²) >= 11 is 5.89. The maximum absolute atomic E-state index is 13.2. The molecular formula is C17H13ClF2N2O4. The molecule has 1 heterocycles. The largest absolute Gasteiger partial charge is 0.586 e. The number of carbonyl (C=O) groups excluding carboxylic acids is 1. The van der Waals surface area contributed by atoms with Crippen LogP contribution < -0.4 is 14.9 Å². The molecule has 1 N–H and O–H groups in total. The second-order valence-electron chi connectivity index (χ2n) is 5.13. The molecule has 136 valence electrons. The molecule has 0 aromatic heterocycles. The zero-order valence-corrected chi connectivity index (χ0v) is 14.2. The highest BCUT2D eigenvalue weighted by atomic mass is 35.5. The molecule has 1 amide bonds. The van der Waals surface area contributed by atoms with Crippen molar-refractivity contribution in [3.05, 3.63) is 58.6 Å². The van der Waals surface area contributed by atoms with E-state index in [4.69, 9.17) is 16.3 Å². The Morgan fingerprint density at radius 3 is 2.50 bits per heavy atom. The van der Waals surface area contributed by atoms with Crippen molar-refractivity contribution in [2.45, 2.75) is 13.2 Å². The Hall–Kier alpha value is -2.87. The van der Waals surface area contributed by atoms with Gasteiger partial charge < -0.3 is 14.2 Å². The summed E-state index contributed by atoms with van der Waals surface area (Å²) in [6.07, 6.45) is -4.46. The molecule has 0 fully saturated rings. The minimum absolute atomic E-state index is 0.0902. The van der Waals surface area contributed by atoms with Gasteiger partial charge in [0.05, 0.1) is 12.3 Å². The molecule has 0 unspecified atom stereocenters. The van der Waals surface area contributed by atoms with Crippen molar-refractivity contribution in [3.8, 4) is 11.5 Å². The molecule has 2 aromatic rings. The van der Waals surface area contributed by atoms with Crippen LogP contribution in [-0.4, -0.2) is 24.7 Å². The van der Waals surface area contributed by atoms with E-state index in [1.165, 1.54) is 18.2 Å². The van der Waals surface area contributed by atoms with Crippen LogP contribution in [0.1, 0.15) is 18.1 Å². The summed E-state index contributed by atoms with van der Waals surface area (Å²) in [5.74, 6) is -0.224. The minimum Gasteiger partial charge on any atom is -0.449 e. The van der Waals surface area contributed by atoms with Crippen LogP contribution in [0.4, 0.5) is 13.6 Å². The van der Waals surface area contributed by atoms with Crippen LogP contribution in [0.15, 0.2) is 47.6 Å². The molecule has 1 aliphatic heterocycles. The highest BCUT2D eigenvalue weighted by molar-refractivity contribution is 6.30. The van der Waals surface area contributed by atoms with Crippen molar-refractivity contribution in [1.29, 1.82) is 0 Å². The van der Waals surface area contributed by atoms with E-state index in [0.717, 1.165) is 0 Å². The predicted molar refractivity (Wildman–Crippen MR) is 89.9 cm³/mol. The molecule has 6 nitrogen and oxygen atoms in total. The van der Waals surface area contributed by atoms with Crippen LogP contribution in [0.3, 0.4) is 0 Å². The minimum atomic E-state index is -3.72. The van der Waals surface area contributed by atoms with Crippen LogP contribution in [-0.2, 0) is 4.74 Å². The van der Waals surface area contributed by atoms with E-state index in [0.29, 0.717) is 21.9 Å². The zero-order valence-electron chi connectivity index (χ0n) is 13.5. The second kappa shape index (κ2) is 7.17. The van der Waals surface area contributed by atoms with Crippen LogP contribution >= 0.6 is 11.6 Å². The number of fused-ring (bicyclic) bond motifs is 1. The number of carbonyl (C=O) groups is 1. The summed E-state index contributed by atoms with van der Waals surface area (Å²) < 4.78 is 40.0. The molecule has 0 spiro atoms. The van der Waals surface area contributed by atoms with Gasteiger partial charge in [-0.25, -0.2) is 10.2 Å². The van der Waals surface area contributed by atoms with Crippen molar-refractivity contribution in [2.75, 3.05) is 6.61 Å². The average Bonchev–Trinajstić information content (AvgIpc) is 2.90. The van der Waals surface area contributed by atoms with E-state index in [2.05, 4.69) is 20.0 Å². The Labute approximate surface area is 152 Å². The Bertz CT molecular complexity index is 856. The Morgan fingerprint density at radius 2 is 1.81 bits per heavy atom. The van der Waals surface area contributed by atoms with E-state index < -0.39 is 12.4 Å². The van der Waals surface area contributed by atoms with Gasteiger partial charge in [-0.2, -0.15) is 5.10 Å². The lowest BCUT2D eigenvalue weighted by Crippen LogP contribution is -2.25. The number of hydrogen-bond donors (Lipinski definition) is 1. The van der Waals surface area contributed by atoms with E-state index in [1.54, 1.807) is 31.2 Å². The highest BCUT2D eigenvalue weighted by Gasteiger charge is 2.43. The van der Waals surface area contributed by atoms with Crippen LogP contribution in [0.25, 0.3) is 0 Å². The smallest absolute Gasteiger partial charge is 0.449 e. The molecule has 26 heavy (non-hydrogen) atoms. The number of benzene rings is 2. The molecule has 9 heteroatoms. The van der Waals surface area contributed by atoms with Gasteiger partial charge in [0.2, 0.25) is 0 Å². The molecule has 0 radical (unpaired) electrons. The fraction of sp³-hybridized carbons (Fsp3) is 0.176. The first-order valence-electron chi connectivity index (χ1n) is 7.54. The van der Waals surface area contributed by atoms with Gasteiger partial charge in [0.1, 0.15) is 0 Å². The van der Waals surface area contributed by atoms with Gasteiger partial charge in [0.25, 0.3) is 0 Å². The zero-order chi connectivity index (χ0) is 18.7. The molecule has 0 saturated heterocycles. The lowest BCUT2D eigenvalue weighted by molar-refractivity contribution is -0.286. The van der Waals surface area contributed by atoms with Gasteiger partial charge in [-0.3, -0.25) is 0 Å². The van der Waals surface area contributed by atoms with E-state index in [1.807, 2.05) is 0 Å². The fourth-order valence-electron chi connectivity index (χ4n) is 2.26. The summed E-state index contributed by atoms with van der Waals surface area (Å²) in [6, 6.07) is 10.8. The average molecular weight is 383 g/mol. The van der Waals surface area contributed by atoms with Crippen LogP contribution in [0, 0.1) is 0 Å². The quantitative estimate of drug-likeness (QED) is 0.636. The molecule has 0 bridgehead atoms. The fourth-order valence-corrected chi connectivity index (χ4v) is 2.39. The molecule has 0 aliphatic carbocycles. The number of hydrazone groups is 1. The number of nitrogens with one attached hydrogen (secondary N) is 1.